The number of carbonyl (C=O) groups is 1. The Hall–Kier alpha value is -3.65. The van der Waals surface area contributed by atoms with Crippen molar-refractivity contribution in [3.8, 4) is 17.8 Å². The van der Waals surface area contributed by atoms with Crippen LogP contribution in [0.4, 0.5) is 0 Å². The number of methoxy groups -OCH3 is 2. The maximum Gasteiger partial charge on any atom is 0.348 e. The van der Waals surface area contributed by atoms with Gasteiger partial charge in [-0.1, -0.05) is 60.7 Å². The molecule has 0 saturated heterocycles. The Morgan fingerprint density at radius 3 is 1.91 bits per heavy atom. The zero-order chi connectivity index (χ0) is 23.3. The third-order valence-electron chi connectivity index (χ3n) is 5.54. The van der Waals surface area contributed by atoms with E-state index >= 15 is 0 Å². The molecule has 33 heavy (non-hydrogen) atoms. The van der Waals surface area contributed by atoms with Crippen molar-refractivity contribution in [1.29, 1.82) is 0 Å². The molecule has 1 unspecified atom stereocenters. The Kier molecular flexibility index (Phi) is 6.74. The van der Waals surface area contributed by atoms with Crippen molar-refractivity contribution in [2.24, 2.45) is 5.92 Å². The molecule has 0 aliphatic heterocycles. The molecule has 8 nitrogen and oxygen atoms in total. The molecule has 1 heterocycles. The lowest BCUT2D eigenvalue weighted by Gasteiger charge is -2.39. The number of hydrogen-bond donors (Lipinski definition) is 1. The first kappa shape index (κ1) is 22.5. The monoisotopic (exact) mass is 450 g/mol. The normalized spacial score (nSPS) is 14.4. The zero-order valence-corrected chi connectivity index (χ0v) is 18.5. The summed E-state index contributed by atoms with van der Waals surface area (Å²) >= 11 is 0. The van der Waals surface area contributed by atoms with E-state index in [2.05, 4.69) is 9.97 Å². The number of aliphatic carboxylic acids is 1. The lowest BCUT2D eigenvalue weighted by molar-refractivity contribution is -0.165. The highest BCUT2D eigenvalue weighted by atomic mass is 16.6. The molecule has 1 aromatic heterocycles. The van der Waals surface area contributed by atoms with Gasteiger partial charge in [0, 0.05) is 0 Å². The topological polar surface area (TPSA) is 100 Å². The zero-order valence-electron chi connectivity index (χ0n) is 18.5. The van der Waals surface area contributed by atoms with E-state index in [1.165, 1.54) is 20.3 Å². The molecular weight excluding hydrogens is 424 g/mol. The fourth-order valence-electron chi connectivity index (χ4n) is 3.68. The van der Waals surface area contributed by atoms with Crippen molar-refractivity contribution < 1.29 is 28.8 Å². The predicted molar refractivity (Wildman–Crippen MR) is 120 cm³/mol. The van der Waals surface area contributed by atoms with Gasteiger partial charge in [-0.2, -0.15) is 9.97 Å². The number of aromatic nitrogens is 2. The third-order valence-corrected chi connectivity index (χ3v) is 5.54. The average Bonchev–Trinajstić information content (AvgIpc) is 3.69. The first-order valence-electron chi connectivity index (χ1n) is 10.7. The molecule has 4 rings (SSSR count). The number of ether oxygens (including phenoxy) is 4. The molecule has 1 aliphatic rings. The van der Waals surface area contributed by atoms with E-state index in [0.717, 1.165) is 12.8 Å². The number of hydrogen-bond acceptors (Lipinski definition) is 7. The van der Waals surface area contributed by atoms with Crippen molar-refractivity contribution in [2.45, 2.75) is 24.5 Å². The average molecular weight is 450 g/mol. The number of carboxylic acid groups (broad SMARTS) is 1. The fraction of sp³-hybridized carbons (Fsp3) is 0.320. The van der Waals surface area contributed by atoms with E-state index in [4.69, 9.17) is 18.9 Å². The van der Waals surface area contributed by atoms with E-state index in [1.54, 1.807) is 0 Å². The smallest absolute Gasteiger partial charge is 0.348 e. The molecule has 0 amide bonds. The Bertz CT molecular complexity index is 1010. The van der Waals surface area contributed by atoms with Crippen LogP contribution in [0.15, 0.2) is 66.7 Å². The highest BCUT2D eigenvalue weighted by Crippen LogP contribution is 2.42. The van der Waals surface area contributed by atoms with Crippen molar-refractivity contribution >= 4 is 5.97 Å². The molecule has 1 N–H and O–H groups in total. The highest BCUT2D eigenvalue weighted by Gasteiger charge is 2.51. The Morgan fingerprint density at radius 2 is 1.48 bits per heavy atom. The number of nitrogens with zero attached hydrogens (tertiary/aromatic N) is 2. The summed E-state index contributed by atoms with van der Waals surface area (Å²) in [5.41, 5.74) is -0.144. The van der Waals surface area contributed by atoms with Crippen LogP contribution in [0.3, 0.4) is 0 Å². The lowest BCUT2D eigenvalue weighted by Crippen LogP contribution is -2.51. The van der Waals surface area contributed by atoms with Gasteiger partial charge in [0.2, 0.25) is 17.9 Å². The highest BCUT2D eigenvalue weighted by molar-refractivity contribution is 5.76. The maximum absolute atomic E-state index is 12.7. The van der Waals surface area contributed by atoms with Gasteiger partial charge < -0.3 is 24.1 Å². The summed E-state index contributed by atoms with van der Waals surface area (Å²) in [6.45, 7) is 0.402. The van der Waals surface area contributed by atoms with Gasteiger partial charge in [0.25, 0.3) is 0 Å². The Balaban J connectivity index is 1.86. The van der Waals surface area contributed by atoms with Gasteiger partial charge >= 0.3 is 12.0 Å². The summed E-state index contributed by atoms with van der Waals surface area (Å²) in [6.07, 6.45) is 0.598. The van der Waals surface area contributed by atoms with Crippen LogP contribution < -0.4 is 14.2 Å². The molecule has 0 radical (unpaired) electrons. The van der Waals surface area contributed by atoms with Gasteiger partial charge in [-0.25, -0.2) is 4.79 Å². The molecule has 1 atom stereocenters. The van der Waals surface area contributed by atoms with Gasteiger partial charge in [0.1, 0.15) is 0 Å². The molecule has 1 aliphatic carbocycles. The van der Waals surface area contributed by atoms with E-state index in [9.17, 15) is 9.90 Å². The quantitative estimate of drug-likeness (QED) is 0.472. The first-order valence-corrected chi connectivity index (χ1v) is 10.7. The minimum Gasteiger partial charge on any atom is -0.481 e. The Morgan fingerprint density at radius 1 is 0.970 bits per heavy atom. The minimum absolute atomic E-state index is 0.185. The summed E-state index contributed by atoms with van der Waals surface area (Å²) in [4.78, 5) is 21.1. The number of benzene rings is 2. The van der Waals surface area contributed by atoms with Crippen LogP contribution in [0, 0.1) is 5.92 Å². The van der Waals surface area contributed by atoms with Crippen LogP contribution in [0.25, 0.3) is 0 Å². The summed E-state index contributed by atoms with van der Waals surface area (Å²) in [7, 11) is 2.88. The molecule has 0 spiro atoms. The standard InChI is InChI=1S/C25H26N2O6/c1-30-20-15-21(31-2)27-24(26-20)33-22(23(28)29)25(32-16-17-13-14-17,18-9-5-3-6-10-18)19-11-7-4-8-12-19/h3-12,15,17,22H,13-14,16H2,1-2H3,(H,28,29). The lowest BCUT2D eigenvalue weighted by atomic mass is 9.81. The van der Waals surface area contributed by atoms with Gasteiger partial charge in [0.15, 0.2) is 5.60 Å². The summed E-state index contributed by atoms with van der Waals surface area (Å²) in [5.74, 6) is -0.460. The second-order valence-electron chi connectivity index (χ2n) is 7.79. The van der Waals surface area contributed by atoms with Crippen molar-refractivity contribution in [1.82, 2.24) is 9.97 Å². The van der Waals surface area contributed by atoms with Gasteiger partial charge in [-0.05, 0) is 29.9 Å². The van der Waals surface area contributed by atoms with Gasteiger partial charge in [-0.3, -0.25) is 0 Å². The van der Waals surface area contributed by atoms with Crippen LogP contribution in [0.5, 0.6) is 17.8 Å². The van der Waals surface area contributed by atoms with E-state index in [-0.39, 0.29) is 17.8 Å². The molecule has 8 heteroatoms. The number of carboxylic acids is 1. The minimum atomic E-state index is -1.50. The summed E-state index contributed by atoms with van der Waals surface area (Å²) in [5, 5.41) is 10.4. The van der Waals surface area contributed by atoms with E-state index < -0.39 is 17.7 Å². The molecule has 1 saturated carbocycles. The molecular formula is C25H26N2O6. The van der Waals surface area contributed by atoms with Crippen molar-refractivity contribution in [3.05, 3.63) is 77.9 Å². The van der Waals surface area contributed by atoms with E-state index in [0.29, 0.717) is 23.7 Å². The largest absolute Gasteiger partial charge is 0.481 e. The molecule has 1 fully saturated rings. The van der Waals surface area contributed by atoms with Crippen LogP contribution in [0.1, 0.15) is 24.0 Å². The second kappa shape index (κ2) is 9.87. The Labute approximate surface area is 192 Å². The van der Waals surface area contributed by atoms with E-state index in [1.807, 2.05) is 60.7 Å². The molecule has 172 valence electrons. The van der Waals surface area contributed by atoms with Crippen molar-refractivity contribution in [2.75, 3.05) is 20.8 Å². The second-order valence-corrected chi connectivity index (χ2v) is 7.79. The summed E-state index contributed by atoms with van der Waals surface area (Å²) < 4.78 is 22.9. The number of rotatable bonds is 11. The first-order chi connectivity index (χ1) is 16.1. The maximum atomic E-state index is 12.7. The predicted octanol–water partition coefficient (Wildman–Crippen LogP) is 3.70. The van der Waals surface area contributed by atoms with Crippen LogP contribution in [-0.4, -0.2) is 48.0 Å². The van der Waals surface area contributed by atoms with Crippen LogP contribution in [0.2, 0.25) is 0 Å². The molecule has 0 bridgehead atoms. The van der Waals surface area contributed by atoms with Gasteiger partial charge in [0.05, 0.1) is 26.9 Å². The fourth-order valence-corrected chi connectivity index (χ4v) is 3.68. The van der Waals surface area contributed by atoms with Crippen LogP contribution in [-0.2, 0) is 15.1 Å². The third kappa shape index (κ3) is 4.90. The molecule has 3 aromatic rings. The summed E-state index contributed by atoms with van der Waals surface area (Å²) in [6, 6.07) is 19.8. The van der Waals surface area contributed by atoms with Gasteiger partial charge in [-0.15, -0.1) is 0 Å². The molecule has 2 aromatic carbocycles. The SMILES string of the molecule is COc1cc(OC)nc(OC(C(=O)O)C(OCC2CC2)(c2ccccc2)c2ccccc2)n1. The van der Waals surface area contributed by atoms with Crippen LogP contribution >= 0.6 is 0 Å². The van der Waals surface area contributed by atoms with Crippen molar-refractivity contribution in [3.63, 3.8) is 0 Å².